The van der Waals surface area contributed by atoms with Crippen molar-refractivity contribution in [2.45, 2.75) is 26.7 Å². The van der Waals surface area contributed by atoms with E-state index in [1.165, 1.54) is 11.1 Å². The molecule has 1 heteroatoms. The van der Waals surface area contributed by atoms with Crippen LogP contribution in [0.2, 0.25) is 0 Å². The Morgan fingerprint density at radius 1 is 1.30 bits per heavy atom. The van der Waals surface area contributed by atoms with Crippen LogP contribution in [0.3, 0.4) is 0 Å². The summed E-state index contributed by atoms with van der Waals surface area (Å²) in [5.41, 5.74) is 2.86. The van der Waals surface area contributed by atoms with Gasteiger partial charge in [0.1, 0.15) is 0 Å². The Hall–Kier alpha value is -0.720. The highest BCUT2D eigenvalue weighted by atomic mass is 14.9. The van der Waals surface area contributed by atoms with Crippen LogP contribution in [0.4, 0.5) is 0 Å². The minimum atomic E-state index is 0.654. The molecule has 0 N–H and O–H groups in total. The largest absolute Gasteiger partial charge is 0.357 e. The molecule has 0 unspecified atom stereocenters. The van der Waals surface area contributed by atoms with Crippen LogP contribution in [0.25, 0.3) is 0 Å². The lowest BCUT2D eigenvalue weighted by Crippen LogP contribution is -1.85. The molecule has 0 atom stereocenters. The average Bonchev–Trinajstić information content (AvgIpc) is 2.10. The quantitative estimate of drug-likeness (QED) is 0.560. The summed E-state index contributed by atoms with van der Waals surface area (Å²) in [7, 11) is 2.07. The van der Waals surface area contributed by atoms with Crippen molar-refractivity contribution in [3.63, 3.8) is 0 Å². The van der Waals surface area contributed by atoms with Crippen molar-refractivity contribution in [1.29, 1.82) is 0 Å². The summed E-state index contributed by atoms with van der Waals surface area (Å²) in [4.78, 5) is 0. The number of nitrogens with zero attached hydrogens (tertiary/aromatic N) is 1. The molecule has 0 saturated heterocycles. The van der Waals surface area contributed by atoms with Gasteiger partial charge in [0.25, 0.3) is 0 Å². The second kappa shape index (κ2) is 2.49. The van der Waals surface area contributed by atoms with Gasteiger partial charge in [-0.05, 0) is 24.0 Å². The van der Waals surface area contributed by atoms with Crippen LogP contribution in [-0.2, 0) is 7.05 Å². The molecule has 0 radical (unpaired) electrons. The average molecular weight is 137 g/mol. The van der Waals surface area contributed by atoms with Gasteiger partial charge in [0.05, 0.1) is 0 Å². The van der Waals surface area contributed by atoms with Crippen molar-refractivity contribution in [2.75, 3.05) is 0 Å². The minimum absolute atomic E-state index is 0.654. The first-order chi connectivity index (χ1) is 4.61. The van der Waals surface area contributed by atoms with Gasteiger partial charge in [-0.15, -0.1) is 0 Å². The Morgan fingerprint density at radius 3 is 2.10 bits per heavy atom. The van der Waals surface area contributed by atoms with Gasteiger partial charge in [-0.2, -0.15) is 0 Å². The van der Waals surface area contributed by atoms with Gasteiger partial charge >= 0.3 is 0 Å². The Labute approximate surface area is 62.7 Å². The van der Waals surface area contributed by atoms with E-state index in [9.17, 15) is 0 Å². The zero-order chi connectivity index (χ0) is 7.72. The number of hydrogen-bond donors (Lipinski definition) is 0. The third kappa shape index (κ3) is 1.23. The van der Waals surface area contributed by atoms with E-state index in [-0.39, 0.29) is 0 Å². The Kier molecular flexibility index (Phi) is 1.84. The summed E-state index contributed by atoms with van der Waals surface area (Å²) in [6.45, 7) is 6.61. The molecule has 0 saturated carbocycles. The summed E-state index contributed by atoms with van der Waals surface area (Å²) in [5.74, 6) is 0.654. The van der Waals surface area contributed by atoms with Crippen LogP contribution < -0.4 is 0 Å². The topological polar surface area (TPSA) is 4.93 Å². The Morgan fingerprint density at radius 2 is 1.90 bits per heavy atom. The number of aromatic nitrogens is 1. The SMILES string of the molecule is Cc1cn(C)cc1C(C)C. The van der Waals surface area contributed by atoms with Gasteiger partial charge in [0.2, 0.25) is 0 Å². The molecule has 0 aliphatic carbocycles. The molecule has 1 heterocycles. The molecule has 10 heavy (non-hydrogen) atoms. The van der Waals surface area contributed by atoms with Gasteiger partial charge in [-0.1, -0.05) is 13.8 Å². The molecule has 0 aliphatic heterocycles. The van der Waals surface area contributed by atoms with Gasteiger partial charge in [-0.3, -0.25) is 0 Å². The van der Waals surface area contributed by atoms with E-state index in [1.54, 1.807) is 0 Å². The fourth-order valence-corrected chi connectivity index (χ4v) is 1.34. The van der Waals surface area contributed by atoms with Crippen molar-refractivity contribution in [1.82, 2.24) is 4.57 Å². The van der Waals surface area contributed by atoms with Crippen molar-refractivity contribution < 1.29 is 0 Å². The molecule has 0 bridgehead atoms. The maximum absolute atomic E-state index is 2.22. The highest BCUT2D eigenvalue weighted by Crippen LogP contribution is 2.18. The van der Waals surface area contributed by atoms with Gasteiger partial charge in [0.15, 0.2) is 0 Å². The molecule has 1 aromatic heterocycles. The molecule has 1 rings (SSSR count). The smallest absolute Gasteiger partial charge is 0.0106 e. The molecule has 0 aromatic carbocycles. The second-order valence-corrected chi connectivity index (χ2v) is 3.22. The van der Waals surface area contributed by atoms with Crippen LogP contribution in [0.15, 0.2) is 12.4 Å². The van der Waals surface area contributed by atoms with E-state index >= 15 is 0 Å². The normalized spacial score (nSPS) is 10.9. The number of hydrogen-bond acceptors (Lipinski definition) is 0. The molecule has 1 nitrogen and oxygen atoms in total. The number of aryl methyl sites for hydroxylation is 2. The van der Waals surface area contributed by atoms with Crippen molar-refractivity contribution >= 4 is 0 Å². The van der Waals surface area contributed by atoms with Crippen molar-refractivity contribution in [2.24, 2.45) is 7.05 Å². The van der Waals surface area contributed by atoms with Crippen LogP contribution in [0.5, 0.6) is 0 Å². The lowest BCUT2D eigenvalue weighted by molar-refractivity contribution is 0.846. The van der Waals surface area contributed by atoms with E-state index < -0.39 is 0 Å². The highest BCUT2D eigenvalue weighted by molar-refractivity contribution is 5.25. The minimum Gasteiger partial charge on any atom is -0.357 e. The fraction of sp³-hybridized carbons (Fsp3) is 0.556. The maximum atomic E-state index is 2.22. The molecule has 1 aromatic rings. The van der Waals surface area contributed by atoms with Crippen LogP contribution >= 0.6 is 0 Å². The third-order valence-electron chi connectivity index (χ3n) is 1.82. The molecule has 0 fully saturated rings. The Bertz CT molecular complexity index is 221. The van der Waals surface area contributed by atoms with Crippen LogP contribution in [-0.4, -0.2) is 4.57 Å². The van der Waals surface area contributed by atoms with Crippen molar-refractivity contribution in [3.8, 4) is 0 Å². The first kappa shape index (κ1) is 7.39. The molecule has 0 spiro atoms. The summed E-state index contributed by atoms with van der Waals surface area (Å²) in [5, 5.41) is 0. The van der Waals surface area contributed by atoms with E-state index in [0.717, 1.165) is 0 Å². The fourth-order valence-electron chi connectivity index (χ4n) is 1.34. The first-order valence-electron chi connectivity index (χ1n) is 3.73. The van der Waals surface area contributed by atoms with E-state index in [4.69, 9.17) is 0 Å². The molecule has 0 aliphatic rings. The summed E-state index contributed by atoms with van der Waals surface area (Å²) >= 11 is 0. The molecular formula is C9H15N. The molecule has 0 amide bonds. The number of rotatable bonds is 1. The van der Waals surface area contributed by atoms with Gasteiger partial charge in [0, 0.05) is 19.4 Å². The van der Waals surface area contributed by atoms with E-state index in [1.807, 2.05) is 0 Å². The monoisotopic (exact) mass is 137 g/mol. The standard InChI is InChI=1S/C9H15N/c1-7(2)9-6-10(4)5-8(9)3/h5-7H,1-4H3. The van der Waals surface area contributed by atoms with Crippen molar-refractivity contribution in [3.05, 3.63) is 23.5 Å². The molecular weight excluding hydrogens is 122 g/mol. The highest BCUT2D eigenvalue weighted by Gasteiger charge is 2.03. The van der Waals surface area contributed by atoms with E-state index in [2.05, 4.69) is 44.8 Å². The summed E-state index contributed by atoms with van der Waals surface area (Å²) < 4.78 is 2.12. The zero-order valence-electron chi connectivity index (χ0n) is 7.18. The first-order valence-corrected chi connectivity index (χ1v) is 3.73. The zero-order valence-corrected chi connectivity index (χ0v) is 7.18. The predicted octanol–water partition coefficient (Wildman–Crippen LogP) is 2.46. The molecule has 56 valence electrons. The lowest BCUT2D eigenvalue weighted by Gasteiger charge is -2.01. The summed E-state index contributed by atoms with van der Waals surface area (Å²) in [6.07, 6.45) is 4.36. The van der Waals surface area contributed by atoms with Crippen LogP contribution in [0, 0.1) is 6.92 Å². The second-order valence-electron chi connectivity index (χ2n) is 3.22. The van der Waals surface area contributed by atoms with E-state index in [0.29, 0.717) is 5.92 Å². The maximum Gasteiger partial charge on any atom is 0.0106 e. The van der Waals surface area contributed by atoms with Gasteiger partial charge in [-0.25, -0.2) is 0 Å². The summed E-state index contributed by atoms with van der Waals surface area (Å²) in [6, 6.07) is 0. The Balaban J connectivity index is 3.03. The third-order valence-corrected chi connectivity index (χ3v) is 1.82. The predicted molar refractivity (Wildman–Crippen MR) is 44.2 cm³/mol. The van der Waals surface area contributed by atoms with Crippen LogP contribution in [0.1, 0.15) is 30.9 Å². The van der Waals surface area contributed by atoms with Gasteiger partial charge < -0.3 is 4.57 Å². The lowest BCUT2D eigenvalue weighted by atomic mass is 10.0.